The monoisotopic (exact) mass is 155 g/mol. The molecule has 0 saturated carbocycles. The van der Waals surface area contributed by atoms with Crippen molar-refractivity contribution >= 4 is 11.6 Å². The summed E-state index contributed by atoms with van der Waals surface area (Å²) in [5.74, 6) is -0.335. The van der Waals surface area contributed by atoms with Gasteiger partial charge in [-0.2, -0.15) is 0 Å². The van der Waals surface area contributed by atoms with Crippen LogP contribution in [0.25, 0.3) is 0 Å². The summed E-state index contributed by atoms with van der Waals surface area (Å²) >= 11 is 0. The predicted molar refractivity (Wildman–Crippen MR) is 45.1 cm³/mol. The van der Waals surface area contributed by atoms with E-state index in [1.54, 1.807) is 6.08 Å². The van der Waals surface area contributed by atoms with Crippen molar-refractivity contribution in [3.63, 3.8) is 0 Å². The molecule has 0 aromatic heterocycles. The maximum atomic E-state index is 10.2. The zero-order chi connectivity index (χ0) is 8.69. The van der Waals surface area contributed by atoms with Crippen molar-refractivity contribution in [2.45, 2.75) is 13.3 Å². The fourth-order valence-corrected chi connectivity index (χ4v) is 0.534. The summed E-state index contributed by atoms with van der Waals surface area (Å²) < 4.78 is 0. The van der Waals surface area contributed by atoms with Gasteiger partial charge in [0, 0.05) is 18.7 Å². The number of rotatable bonds is 4. The van der Waals surface area contributed by atoms with E-state index in [4.69, 9.17) is 11.5 Å². The van der Waals surface area contributed by atoms with E-state index in [9.17, 15) is 4.79 Å². The number of aliphatic imine (C=N–C) groups is 1. The summed E-state index contributed by atoms with van der Waals surface area (Å²) in [6.45, 7) is 2.25. The van der Waals surface area contributed by atoms with Crippen LogP contribution in [0.15, 0.2) is 17.3 Å². The number of primary amides is 1. The first-order chi connectivity index (χ1) is 5.16. The lowest BCUT2D eigenvalue weighted by Gasteiger charge is -1.91. The molecule has 0 aromatic rings. The molecular weight excluding hydrogens is 142 g/mol. The van der Waals surface area contributed by atoms with E-state index in [-0.39, 0.29) is 12.3 Å². The van der Waals surface area contributed by atoms with Crippen LogP contribution in [0.3, 0.4) is 0 Å². The molecule has 1 amide bonds. The van der Waals surface area contributed by atoms with Gasteiger partial charge in [-0.15, -0.1) is 0 Å². The molecule has 0 atom stereocenters. The summed E-state index contributed by atoms with van der Waals surface area (Å²) in [7, 11) is 0. The predicted octanol–water partition coefficient (Wildman–Crippen LogP) is -0.205. The zero-order valence-electron chi connectivity index (χ0n) is 6.58. The molecule has 0 aliphatic rings. The number of hydrogen-bond donors (Lipinski definition) is 2. The molecule has 0 spiro atoms. The molecule has 0 heterocycles. The Morgan fingerprint density at radius 2 is 2.27 bits per heavy atom. The SMILES string of the molecule is CC(/C=C\N)=NCCC(N)=O. The van der Waals surface area contributed by atoms with Crippen LogP contribution in [0.2, 0.25) is 0 Å². The van der Waals surface area contributed by atoms with Gasteiger partial charge in [-0.05, 0) is 19.2 Å². The van der Waals surface area contributed by atoms with Crippen LogP contribution in [-0.2, 0) is 4.79 Å². The fraction of sp³-hybridized carbons (Fsp3) is 0.429. The summed E-state index contributed by atoms with van der Waals surface area (Å²) in [6.07, 6.45) is 3.36. The van der Waals surface area contributed by atoms with Crippen molar-refractivity contribution in [2.24, 2.45) is 16.5 Å². The van der Waals surface area contributed by atoms with Gasteiger partial charge in [-0.1, -0.05) is 0 Å². The van der Waals surface area contributed by atoms with Gasteiger partial charge in [0.15, 0.2) is 0 Å². The van der Waals surface area contributed by atoms with Crippen LogP contribution >= 0.6 is 0 Å². The highest BCUT2D eigenvalue weighted by molar-refractivity contribution is 5.92. The molecule has 0 radical (unpaired) electrons. The van der Waals surface area contributed by atoms with Crippen molar-refractivity contribution in [3.05, 3.63) is 12.3 Å². The third-order valence-electron chi connectivity index (χ3n) is 1.06. The van der Waals surface area contributed by atoms with Gasteiger partial charge in [0.05, 0.1) is 0 Å². The van der Waals surface area contributed by atoms with Crippen LogP contribution < -0.4 is 11.5 Å². The summed E-state index contributed by atoms with van der Waals surface area (Å²) in [5, 5.41) is 0. The van der Waals surface area contributed by atoms with Crippen molar-refractivity contribution < 1.29 is 4.79 Å². The van der Waals surface area contributed by atoms with Gasteiger partial charge in [0.25, 0.3) is 0 Å². The van der Waals surface area contributed by atoms with Gasteiger partial charge in [-0.3, -0.25) is 9.79 Å². The molecule has 0 aliphatic heterocycles. The molecule has 0 fully saturated rings. The number of carbonyl (C=O) groups is 1. The second kappa shape index (κ2) is 5.46. The molecule has 4 N–H and O–H groups in total. The highest BCUT2D eigenvalue weighted by Gasteiger charge is 1.90. The van der Waals surface area contributed by atoms with Crippen molar-refractivity contribution in [3.8, 4) is 0 Å². The molecule has 4 nitrogen and oxygen atoms in total. The lowest BCUT2D eigenvalue weighted by molar-refractivity contribution is -0.117. The van der Waals surface area contributed by atoms with Crippen LogP contribution in [0, 0.1) is 0 Å². The Morgan fingerprint density at radius 3 is 2.73 bits per heavy atom. The molecule has 0 rings (SSSR count). The van der Waals surface area contributed by atoms with Crippen molar-refractivity contribution in [2.75, 3.05) is 6.54 Å². The lowest BCUT2D eigenvalue weighted by atomic mass is 10.4. The topological polar surface area (TPSA) is 81.5 Å². The summed E-state index contributed by atoms with van der Waals surface area (Å²) in [5.41, 5.74) is 10.8. The van der Waals surface area contributed by atoms with E-state index in [0.29, 0.717) is 6.54 Å². The molecule has 62 valence electrons. The molecule has 0 aromatic carbocycles. The second-order valence-corrected chi connectivity index (χ2v) is 2.10. The Bertz CT molecular complexity index is 184. The molecule has 0 unspecified atom stereocenters. The van der Waals surface area contributed by atoms with Gasteiger partial charge in [0.2, 0.25) is 5.91 Å². The second-order valence-electron chi connectivity index (χ2n) is 2.10. The van der Waals surface area contributed by atoms with E-state index >= 15 is 0 Å². The number of hydrogen-bond acceptors (Lipinski definition) is 3. The van der Waals surface area contributed by atoms with Gasteiger partial charge in [0.1, 0.15) is 0 Å². The van der Waals surface area contributed by atoms with Crippen LogP contribution in [0.5, 0.6) is 0 Å². The Kier molecular flexibility index (Phi) is 4.81. The minimum absolute atomic E-state index is 0.287. The first kappa shape index (κ1) is 9.68. The van der Waals surface area contributed by atoms with Crippen LogP contribution in [-0.4, -0.2) is 18.2 Å². The fourth-order valence-electron chi connectivity index (χ4n) is 0.534. The summed E-state index contributed by atoms with van der Waals surface area (Å²) in [4.78, 5) is 14.3. The number of amides is 1. The number of allylic oxidation sites excluding steroid dienone is 1. The Hall–Kier alpha value is -1.32. The standard InChI is InChI=1S/C7H13N3O/c1-6(2-4-8)10-5-3-7(9)11/h2,4H,3,5,8H2,1H3,(H2,9,11)/b4-2-,10-6?. The van der Waals surface area contributed by atoms with Crippen LogP contribution in [0.1, 0.15) is 13.3 Å². The Morgan fingerprint density at radius 1 is 1.64 bits per heavy atom. The maximum absolute atomic E-state index is 10.2. The first-order valence-corrected chi connectivity index (χ1v) is 3.34. The van der Waals surface area contributed by atoms with Crippen LogP contribution in [0.4, 0.5) is 0 Å². The first-order valence-electron chi connectivity index (χ1n) is 3.34. The third kappa shape index (κ3) is 6.57. The maximum Gasteiger partial charge on any atom is 0.219 e. The molecule has 0 aliphatic carbocycles. The average Bonchev–Trinajstić information content (AvgIpc) is 1.87. The molecule has 0 bridgehead atoms. The van der Waals surface area contributed by atoms with Crippen molar-refractivity contribution in [1.82, 2.24) is 0 Å². The van der Waals surface area contributed by atoms with E-state index in [2.05, 4.69) is 4.99 Å². The largest absolute Gasteiger partial charge is 0.405 e. The third-order valence-corrected chi connectivity index (χ3v) is 1.06. The summed E-state index contributed by atoms with van der Waals surface area (Å²) in [6, 6.07) is 0. The quantitative estimate of drug-likeness (QED) is 0.551. The van der Waals surface area contributed by atoms with Gasteiger partial charge >= 0.3 is 0 Å². The lowest BCUT2D eigenvalue weighted by Crippen LogP contribution is -2.11. The minimum Gasteiger partial charge on any atom is -0.405 e. The van der Waals surface area contributed by atoms with Gasteiger partial charge in [-0.25, -0.2) is 0 Å². The average molecular weight is 155 g/mol. The Balaban J connectivity index is 3.64. The highest BCUT2D eigenvalue weighted by atomic mass is 16.1. The van der Waals surface area contributed by atoms with E-state index in [1.807, 2.05) is 6.92 Å². The number of carbonyl (C=O) groups excluding carboxylic acids is 1. The molecule has 4 heteroatoms. The molecule has 11 heavy (non-hydrogen) atoms. The van der Waals surface area contributed by atoms with Crippen molar-refractivity contribution in [1.29, 1.82) is 0 Å². The number of nitrogens with zero attached hydrogens (tertiary/aromatic N) is 1. The molecule has 0 saturated heterocycles. The Labute approximate surface area is 66.0 Å². The smallest absolute Gasteiger partial charge is 0.219 e. The van der Waals surface area contributed by atoms with Gasteiger partial charge < -0.3 is 11.5 Å². The highest BCUT2D eigenvalue weighted by Crippen LogP contribution is 1.83. The van der Waals surface area contributed by atoms with E-state index in [1.165, 1.54) is 6.20 Å². The van der Waals surface area contributed by atoms with E-state index in [0.717, 1.165) is 5.71 Å². The zero-order valence-corrected chi connectivity index (χ0v) is 6.58. The minimum atomic E-state index is -0.335. The van der Waals surface area contributed by atoms with E-state index < -0.39 is 0 Å². The normalized spacial score (nSPS) is 12.3. The molecular formula is C7H13N3O. The number of nitrogens with two attached hydrogens (primary N) is 2.